The van der Waals surface area contributed by atoms with E-state index in [9.17, 15) is 4.79 Å². The van der Waals surface area contributed by atoms with Crippen LogP contribution in [0.5, 0.6) is 0 Å². The molecule has 0 aliphatic heterocycles. The quantitative estimate of drug-likeness (QED) is 0.246. The molecule has 1 amide bonds. The number of carbonyl (C=O) groups is 1. The lowest BCUT2D eigenvalue weighted by Crippen LogP contribution is -2.12. The third-order valence-electron chi connectivity index (χ3n) is 5.81. The summed E-state index contributed by atoms with van der Waals surface area (Å²) in [5.74, 6) is 1.64. The summed E-state index contributed by atoms with van der Waals surface area (Å²) < 4.78 is 5.88. The number of carbonyl (C=O) groups excluding carboxylic acids is 1. The first-order valence-electron chi connectivity index (χ1n) is 11.9. The number of pyridine rings is 1. The first-order chi connectivity index (χ1) is 17.5. The average Bonchev–Trinajstić information content (AvgIpc) is 3.59. The molecule has 0 unspecified atom stereocenters. The van der Waals surface area contributed by atoms with Crippen LogP contribution >= 0.6 is 11.3 Å². The molecule has 180 valence electrons. The van der Waals surface area contributed by atoms with Gasteiger partial charge in [0, 0.05) is 41.2 Å². The topological polar surface area (TPSA) is 80.9 Å². The first kappa shape index (κ1) is 23.6. The van der Waals surface area contributed by atoms with Gasteiger partial charge in [-0.1, -0.05) is 56.3 Å². The zero-order valence-electron chi connectivity index (χ0n) is 20.1. The summed E-state index contributed by atoms with van der Waals surface area (Å²) in [7, 11) is 0. The van der Waals surface area contributed by atoms with Crippen LogP contribution in [0.25, 0.3) is 33.3 Å². The van der Waals surface area contributed by atoms with Gasteiger partial charge in [0.15, 0.2) is 11.7 Å². The van der Waals surface area contributed by atoms with Gasteiger partial charge in [-0.05, 0) is 35.7 Å². The van der Waals surface area contributed by atoms with Crippen LogP contribution in [0.4, 0.5) is 5.69 Å². The predicted molar refractivity (Wildman–Crippen MR) is 144 cm³/mol. The molecular formula is C29H26N4O2S. The number of nitrogens with one attached hydrogen (secondary N) is 1. The number of hydrogen-bond acceptors (Lipinski definition) is 6. The van der Waals surface area contributed by atoms with Crippen molar-refractivity contribution in [3.05, 3.63) is 96.0 Å². The number of anilines is 1. The zero-order valence-corrected chi connectivity index (χ0v) is 21.0. The number of thiazole rings is 1. The van der Waals surface area contributed by atoms with Crippen LogP contribution in [-0.4, -0.2) is 20.9 Å². The van der Waals surface area contributed by atoms with Crippen molar-refractivity contribution in [2.24, 2.45) is 0 Å². The van der Waals surface area contributed by atoms with E-state index in [1.165, 1.54) is 5.56 Å². The summed E-state index contributed by atoms with van der Waals surface area (Å²) >= 11 is 1.55. The van der Waals surface area contributed by atoms with Gasteiger partial charge in [-0.25, -0.2) is 9.97 Å². The van der Waals surface area contributed by atoms with E-state index < -0.39 is 0 Å². The Kier molecular flexibility index (Phi) is 7.00. The molecule has 5 aromatic rings. The molecule has 36 heavy (non-hydrogen) atoms. The van der Waals surface area contributed by atoms with E-state index in [1.807, 2.05) is 60.0 Å². The number of aromatic nitrogens is 3. The average molecular weight is 495 g/mol. The fourth-order valence-corrected chi connectivity index (χ4v) is 4.61. The molecule has 1 N–H and O–H groups in total. The second-order valence-corrected chi connectivity index (χ2v) is 9.63. The number of aryl methyl sites for hydroxylation is 1. The summed E-state index contributed by atoms with van der Waals surface area (Å²) in [6, 6.07) is 21.8. The Hall–Kier alpha value is -4.10. The van der Waals surface area contributed by atoms with E-state index in [0.29, 0.717) is 24.0 Å². The normalized spacial score (nSPS) is 11.1. The van der Waals surface area contributed by atoms with Crippen molar-refractivity contribution < 1.29 is 9.21 Å². The lowest BCUT2D eigenvalue weighted by atomic mass is 10.0. The van der Waals surface area contributed by atoms with Gasteiger partial charge in [0.2, 0.25) is 5.91 Å². The third-order valence-corrected chi connectivity index (χ3v) is 6.68. The van der Waals surface area contributed by atoms with Crippen molar-refractivity contribution in [1.82, 2.24) is 15.0 Å². The molecule has 0 aliphatic carbocycles. The minimum Gasteiger partial charge on any atom is -0.441 e. The van der Waals surface area contributed by atoms with E-state index in [2.05, 4.69) is 41.3 Å². The summed E-state index contributed by atoms with van der Waals surface area (Å²) in [4.78, 5) is 26.0. The second kappa shape index (κ2) is 10.7. The Balaban J connectivity index is 1.19. The molecule has 0 fully saturated rings. The van der Waals surface area contributed by atoms with Crippen molar-refractivity contribution in [2.75, 3.05) is 5.32 Å². The largest absolute Gasteiger partial charge is 0.441 e. The molecule has 0 radical (unpaired) electrons. The monoisotopic (exact) mass is 494 g/mol. The number of benzene rings is 2. The molecule has 7 heteroatoms. The first-order valence-corrected chi connectivity index (χ1v) is 12.8. The van der Waals surface area contributed by atoms with Crippen LogP contribution in [0.2, 0.25) is 0 Å². The molecule has 0 atom stereocenters. The van der Waals surface area contributed by atoms with Gasteiger partial charge in [0.05, 0.1) is 17.6 Å². The van der Waals surface area contributed by atoms with E-state index in [0.717, 1.165) is 33.2 Å². The highest BCUT2D eigenvalue weighted by Crippen LogP contribution is 2.29. The van der Waals surface area contributed by atoms with Gasteiger partial charge in [0.1, 0.15) is 5.01 Å². The van der Waals surface area contributed by atoms with Crippen molar-refractivity contribution in [3.63, 3.8) is 0 Å². The third kappa shape index (κ3) is 5.58. The second-order valence-electron chi connectivity index (χ2n) is 8.78. The van der Waals surface area contributed by atoms with Gasteiger partial charge in [-0.2, -0.15) is 0 Å². The van der Waals surface area contributed by atoms with Crippen LogP contribution in [0.1, 0.15) is 37.6 Å². The molecule has 0 aliphatic rings. The standard InChI is InChI=1S/C29H26N4O2S/c1-19(2)20-9-11-21(12-10-20)26-17-31-28(35-26)14-13-27(34)32-23-7-5-6-22(16-23)25-18-36-29(33-25)24-8-3-4-15-30-24/h3-12,15-19H,13-14H2,1-2H3,(H,32,34). The fraction of sp³-hybridized carbons (Fsp3) is 0.172. The van der Waals surface area contributed by atoms with E-state index >= 15 is 0 Å². The van der Waals surface area contributed by atoms with Crippen molar-refractivity contribution in [3.8, 4) is 33.3 Å². The molecule has 2 aromatic carbocycles. The minimum atomic E-state index is -0.0966. The molecule has 3 aromatic heterocycles. The summed E-state index contributed by atoms with van der Waals surface area (Å²) in [5.41, 5.74) is 5.62. The van der Waals surface area contributed by atoms with E-state index in [-0.39, 0.29) is 12.3 Å². The van der Waals surface area contributed by atoms with E-state index in [4.69, 9.17) is 9.40 Å². The summed E-state index contributed by atoms with van der Waals surface area (Å²) in [5, 5.41) is 5.83. The van der Waals surface area contributed by atoms with E-state index in [1.54, 1.807) is 23.7 Å². The van der Waals surface area contributed by atoms with Crippen LogP contribution in [-0.2, 0) is 11.2 Å². The molecule has 3 heterocycles. The molecule has 0 saturated carbocycles. The SMILES string of the molecule is CC(C)c1ccc(-c2cnc(CCC(=O)Nc3cccc(-c4csc(-c5ccccn5)n4)c3)o2)cc1. The highest BCUT2D eigenvalue weighted by molar-refractivity contribution is 7.13. The Morgan fingerprint density at radius 2 is 1.83 bits per heavy atom. The number of rotatable bonds is 8. The Labute approximate surface area is 214 Å². The van der Waals surface area contributed by atoms with Crippen molar-refractivity contribution >= 4 is 22.9 Å². The molecule has 6 nitrogen and oxygen atoms in total. The van der Waals surface area contributed by atoms with Crippen LogP contribution < -0.4 is 5.32 Å². The lowest BCUT2D eigenvalue weighted by Gasteiger charge is -2.06. The highest BCUT2D eigenvalue weighted by Gasteiger charge is 2.12. The van der Waals surface area contributed by atoms with Gasteiger partial charge < -0.3 is 9.73 Å². The van der Waals surface area contributed by atoms with Crippen LogP contribution in [0, 0.1) is 0 Å². The maximum atomic E-state index is 12.6. The zero-order chi connectivity index (χ0) is 24.9. The maximum Gasteiger partial charge on any atom is 0.224 e. The smallest absolute Gasteiger partial charge is 0.224 e. The summed E-state index contributed by atoms with van der Waals surface area (Å²) in [6.07, 6.45) is 4.18. The van der Waals surface area contributed by atoms with Gasteiger partial charge in [0.25, 0.3) is 0 Å². The van der Waals surface area contributed by atoms with Crippen molar-refractivity contribution in [2.45, 2.75) is 32.6 Å². The highest BCUT2D eigenvalue weighted by atomic mass is 32.1. The molecule has 5 rings (SSSR count). The van der Waals surface area contributed by atoms with Gasteiger partial charge in [-0.3, -0.25) is 9.78 Å². The van der Waals surface area contributed by atoms with Gasteiger partial charge in [-0.15, -0.1) is 11.3 Å². The number of amides is 1. The minimum absolute atomic E-state index is 0.0966. The van der Waals surface area contributed by atoms with Crippen molar-refractivity contribution in [1.29, 1.82) is 0 Å². The molecule has 0 bridgehead atoms. The number of nitrogens with zero attached hydrogens (tertiary/aromatic N) is 3. The predicted octanol–water partition coefficient (Wildman–Crippen LogP) is 7.22. The maximum absolute atomic E-state index is 12.6. The Morgan fingerprint density at radius 3 is 2.61 bits per heavy atom. The molecule has 0 saturated heterocycles. The number of hydrogen-bond donors (Lipinski definition) is 1. The van der Waals surface area contributed by atoms with Crippen LogP contribution in [0.15, 0.2) is 88.9 Å². The lowest BCUT2D eigenvalue weighted by molar-refractivity contribution is -0.116. The molecular weight excluding hydrogens is 468 g/mol. The van der Waals surface area contributed by atoms with Crippen LogP contribution in [0.3, 0.4) is 0 Å². The Morgan fingerprint density at radius 1 is 0.972 bits per heavy atom. The summed E-state index contributed by atoms with van der Waals surface area (Å²) in [6.45, 7) is 4.34. The molecule has 0 spiro atoms. The fourth-order valence-electron chi connectivity index (χ4n) is 3.81. The Bertz CT molecular complexity index is 1460. The number of oxazole rings is 1. The van der Waals surface area contributed by atoms with Gasteiger partial charge >= 0.3 is 0 Å².